The van der Waals surface area contributed by atoms with Gasteiger partial charge in [0.05, 0.1) is 11.3 Å². The Kier molecular flexibility index (Phi) is 6.00. The van der Waals surface area contributed by atoms with E-state index in [2.05, 4.69) is 9.97 Å². The zero-order valence-electron chi connectivity index (χ0n) is 17.0. The predicted molar refractivity (Wildman–Crippen MR) is 117 cm³/mol. The van der Waals surface area contributed by atoms with Crippen molar-refractivity contribution < 1.29 is 27.5 Å². The Morgan fingerprint density at radius 3 is 2.53 bits per heavy atom. The van der Waals surface area contributed by atoms with Crippen LogP contribution in [0.15, 0.2) is 45.7 Å². The van der Waals surface area contributed by atoms with E-state index in [1.165, 1.54) is 35.2 Å². The Labute approximate surface area is 189 Å². The van der Waals surface area contributed by atoms with Gasteiger partial charge in [-0.15, -0.1) is 23.1 Å². The minimum absolute atomic E-state index is 0.151. The molecule has 1 N–H and O–H groups in total. The first-order chi connectivity index (χ1) is 15.1. The molecule has 0 aliphatic heterocycles. The molecule has 0 spiro atoms. The summed E-state index contributed by atoms with van der Waals surface area (Å²) in [4.78, 5) is 21.7. The van der Waals surface area contributed by atoms with Crippen LogP contribution >= 0.6 is 23.1 Å². The second-order valence-corrected chi connectivity index (χ2v) is 9.28. The molecule has 0 saturated carbocycles. The highest BCUT2D eigenvalue weighted by Gasteiger charge is 2.30. The van der Waals surface area contributed by atoms with Crippen LogP contribution in [0.3, 0.4) is 0 Å². The molecule has 2 aromatic carbocycles. The van der Waals surface area contributed by atoms with Crippen LogP contribution in [-0.4, -0.2) is 21.0 Å². The van der Waals surface area contributed by atoms with Crippen molar-refractivity contribution in [3.05, 3.63) is 64.0 Å². The van der Waals surface area contributed by atoms with Gasteiger partial charge in [-0.2, -0.15) is 13.2 Å². The molecular formula is C22H17F3N2O3S2. The number of thiazole rings is 1. The monoisotopic (exact) mass is 478 g/mol. The summed E-state index contributed by atoms with van der Waals surface area (Å²) < 4.78 is 44.0. The molecule has 10 heteroatoms. The molecule has 4 aromatic rings. The Morgan fingerprint density at radius 2 is 1.88 bits per heavy atom. The maximum absolute atomic E-state index is 12.8. The number of halogens is 3. The van der Waals surface area contributed by atoms with Gasteiger partial charge < -0.3 is 9.52 Å². The highest BCUT2D eigenvalue weighted by molar-refractivity contribution is 7.98. The van der Waals surface area contributed by atoms with E-state index in [0.29, 0.717) is 27.4 Å². The normalized spacial score (nSPS) is 11.9. The molecule has 0 aliphatic carbocycles. The maximum Gasteiger partial charge on any atom is 0.416 e. The molecule has 0 unspecified atom stereocenters. The van der Waals surface area contributed by atoms with Crippen LogP contribution in [0, 0.1) is 13.8 Å². The minimum atomic E-state index is -4.37. The average molecular weight is 479 g/mol. The van der Waals surface area contributed by atoms with Crippen molar-refractivity contribution in [3.8, 4) is 10.6 Å². The second-order valence-electron chi connectivity index (χ2n) is 7.18. The number of hydrogen-bond acceptors (Lipinski definition) is 6. The van der Waals surface area contributed by atoms with E-state index in [9.17, 15) is 18.0 Å². The molecule has 0 aliphatic rings. The van der Waals surface area contributed by atoms with E-state index in [1.54, 1.807) is 0 Å². The molecule has 0 atom stereocenters. The van der Waals surface area contributed by atoms with Crippen LogP contribution in [0.25, 0.3) is 21.7 Å². The molecular weight excluding hydrogens is 461 g/mol. The van der Waals surface area contributed by atoms with E-state index < -0.39 is 17.7 Å². The topological polar surface area (TPSA) is 76.2 Å². The van der Waals surface area contributed by atoms with E-state index in [1.807, 2.05) is 26.0 Å². The van der Waals surface area contributed by atoms with Crippen LogP contribution in [-0.2, 0) is 23.1 Å². The summed E-state index contributed by atoms with van der Waals surface area (Å²) >= 11 is 2.96. The molecule has 5 nitrogen and oxygen atoms in total. The van der Waals surface area contributed by atoms with Crippen LogP contribution in [0.1, 0.15) is 27.6 Å². The number of fused-ring (bicyclic) bond motifs is 1. The van der Waals surface area contributed by atoms with Gasteiger partial charge >= 0.3 is 12.1 Å². The highest BCUT2D eigenvalue weighted by atomic mass is 32.2. The van der Waals surface area contributed by atoms with E-state index >= 15 is 0 Å². The predicted octanol–water partition coefficient (Wildman–Crippen LogP) is 6.51. The number of oxazole rings is 1. The van der Waals surface area contributed by atoms with Gasteiger partial charge in [0.1, 0.15) is 16.9 Å². The highest BCUT2D eigenvalue weighted by Crippen LogP contribution is 2.37. The first kappa shape index (κ1) is 22.3. The number of alkyl halides is 3. The van der Waals surface area contributed by atoms with Crippen LogP contribution < -0.4 is 0 Å². The molecule has 0 amide bonds. The van der Waals surface area contributed by atoms with Gasteiger partial charge in [-0.05, 0) is 43.7 Å². The van der Waals surface area contributed by atoms with Gasteiger partial charge in [-0.1, -0.05) is 12.1 Å². The van der Waals surface area contributed by atoms with E-state index in [-0.39, 0.29) is 12.3 Å². The zero-order chi connectivity index (χ0) is 23.0. The van der Waals surface area contributed by atoms with Crippen molar-refractivity contribution in [2.75, 3.05) is 0 Å². The van der Waals surface area contributed by atoms with Crippen molar-refractivity contribution in [3.63, 3.8) is 0 Å². The number of benzene rings is 2. The lowest BCUT2D eigenvalue weighted by Crippen LogP contribution is -2.03. The number of nitrogens with zero attached hydrogens (tertiary/aromatic N) is 2. The lowest BCUT2D eigenvalue weighted by atomic mass is 10.1. The minimum Gasteiger partial charge on any atom is -0.481 e. The van der Waals surface area contributed by atoms with Gasteiger partial charge in [-0.3, -0.25) is 4.79 Å². The number of thioether (sulfide) groups is 1. The van der Waals surface area contributed by atoms with Crippen molar-refractivity contribution in [1.82, 2.24) is 9.97 Å². The van der Waals surface area contributed by atoms with Gasteiger partial charge in [0, 0.05) is 21.1 Å². The molecule has 4 rings (SSSR count). The van der Waals surface area contributed by atoms with Gasteiger partial charge in [0.2, 0.25) is 5.89 Å². The Balaban J connectivity index is 1.56. The molecule has 166 valence electrons. The Bertz CT molecular complexity index is 1290. The molecule has 0 radical (unpaired) electrons. The number of carboxylic acid groups (broad SMARTS) is 1. The Hall–Kier alpha value is -2.85. The fraction of sp³-hybridized carbons (Fsp3) is 0.227. The largest absolute Gasteiger partial charge is 0.481 e. The lowest BCUT2D eigenvalue weighted by Gasteiger charge is -2.06. The summed E-state index contributed by atoms with van der Waals surface area (Å²) in [5, 5.41) is 9.64. The third kappa shape index (κ3) is 4.81. The van der Waals surface area contributed by atoms with Gasteiger partial charge in [0.25, 0.3) is 0 Å². The SMILES string of the molecule is Cc1cc(SCc2sc(-c3ccc(C(F)(F)F)cc3)nc2C)c2nc(CC(=O)O)oc2c1. The summed E-state index contributed by atoms with van der Waals surface area (Å²) in [6, 6.07) is 8.76. The molecule has 2 aromatic heterocycles. The number of aromatic nitrogens is 2. The lowest BCUT2D eigenvalue weighted by molar-refractivity contribution is -0.138. The summed E-state index contributed by atoms with van der Waals surface area (Å²) in [5.41, 5.74) is 2.87. The number of rotatable bonds is 6. The van der Waals surface area contributed by atoms with Crippen molar-refractivity contribution in [1.29, 1.82) is 0 Å². The third-order valence-electron chi connectivity index (χ3n) is 4.66. The average Bonchev–Trinajstić information content (AvgIpc) is 3.27. The second kappa shape index (κ2) is 8.59. The molecule has 0 bridgehead atoms. The van der Waals surface area contributed by atoms with Crippen LogP contribution in [0.4, 0.5) is 13.2 Å². The summed E-state index contributed by atoms with van der Waals surface area (Å²) in [6.07, 6.45) is -4.66. The fourth-order valence-electron chi connectivity index (χ4n) is 3.12. The summed E-state index contributed by atoms with van der Waals surface area (Å²) in [5.74, 6) is -0.277. The van der Waals surface area contributed by atoms with Crippen molar-refractivity contribution in [2.24, 2.45) is 0 Å². The fourth-order valence-corrected chi connectivity index (χ4v) is 5.44. The zero-order valence-corrected chi connectivity index (χ0v) is 18.6. The number of hydrogen-bond donors (Lipinski definition) is 1. The number of aryl methyl sites for hydroxylation is 2. The third-order valence-corrected chi connectivity index (χ3v) is 7.11. The van der Waals surface area contributed by atoms with E-state index in [0.717, 1.165) is 33.2 Å². The van der Waals surface area contributed by atoms with Gasteiger partial charge in [-0.25, -0.2) is 9.97 Å². The maximum atomic E-state index is 12.8. The number of carbonyl (C=O) groups is 1. The summed E-state index contributed by atoms with van der Waals surface area (Å²) in [7, 11) is 0. The van der Waals surface area contributed by atoms with Crippen LogP contribution in [0.2, 0.25) is 0 Å². The summed E-state index contributed by atoms with van der Waals surface area (Å²) in [6.45, 7) is 3.79. The molecule has 0 saturated heterocycles. The van der Waals surface area contributed by atoms with E-state index in [4.69, 9.17) is 9.52 Å². The molecule has 2 heterocycles. The first-order valence-corrected chi connectivity index (χ1v) is 11.3. The van der Waals surface area contributed by atoms with Crippen molar-refractivity contribution >= 4 is 40.2 Å². The van der Waals surface area contributed by atoms with Crippen molar-refractivity contribution in [2.45, 2.75) is 37.1 Å². The van der Waals surface area contributed by atoms with Crippen LogP contribution in [0.5, 0.6) is 0 Å². The molecule has 0 fully saturated rings. The number of carboxylic acids is 1. The first-order valence-electron chi connectivity index (χ1n) is 9.49. The standard InChI is InChI=1S/C22H17F3N2O3S2/c1-11-7-15-20(27-18(30-15)9-19(28)29)16(8-11)31-10-17-12(2)26-21(32-17)13-3-5-14(6-4-13)22(23,24)25/h3-8H,9-10H2,1-2H3,(H,28,29). The number of aliphatic carboxylic acids is 1. The smallest absolute Gasteiger partial charge is 0.416 e. The quantitative estimate of drug-likeness (QED) is 0.319. The Morgan fingerprint density at radius 1 is 1.16 bits per heavy atom. The van der Waals surface area contributed by atoms with Gasteiger partial charge in [0.15, 0.2) is 5.58 Å². The molecule has 32 heavy (non-hydrogen) atoms.